The van der Waals surface area contributed by atoms with Crippen LogP contribution < -0.4 is 5.32 Å². The van der Waals surface area contributed by atoms with Crippen molar-refractivity contribution in [1.82, 2.24) is 15.2 Å². The zero-order chi connectivity index (χ0) is 13.1. The van der Waals surface area contributed by atoms with E-state index in [1.54, 1.807) is 0 Å². The fourth-order valence-corrected chi connectivity index (χ4v) is 2.37. The van der Waals surface area contributed by atoms with E-state index in [-0.39, 0.29) is 17.0 Å². The van der Waals surface area contributed by atoms with Crippen LogP contribution in [0.5, 0.6) is 0 Å². The van der Waals surface area contributed by atoms with Gasteiger partial charge in [-0.05, 0) is 30.7 Å². The predicted molar refractivity (Wildman–Crippen MR) is 88.5 cm³/mol. The smallest absolute Gasteiger partial charge is 0.194 e. The Morgan fingerprint density at radius 2 is 2.20 bits per heavy atom. The van der Waals surface area contributed by atoms with Crippen LogP contribution in [0.3, 0.4) is 0 Å². The second kappa shape index (κ2) is 6.70. The van der Waals surface area contributed by atoms with Crippen LogP contribution in [0, 0.1) is 0 Å². The van der Waals surface area contributed by atoms with Gasteiger partial charge >= 0.3 is 0 Å². The molecular weight excluding hydrogens is 316 g/mol. The number of pyridine rings is 1. The van der Waals surface area contributed by atoms with Crippen molar-refractivity contribution in [2.75, 3.05) is 19.6 Å². The van der Waals surface area contributed by atoms with Gasteiger partial charge in [-0.3, -0.25) is 9.98 Å². The van der Waals surface area contributed by atoms with Crippen LogP contribution >= 0.6 is 17.0 Å². The lowest BCUT2D eigenvalue weighted by Crippen LogP contribution is -2.37. The van der Waals surface area contributed by atoms with E-state index >= 15 is 0 Å². The lowest BCUT2D eigenvalue weighted by molar-refractivity contribution is 0.466. The molecule has 0 fully saturated rings. The topological polar surface area (TPSA) is 40.5 Å². The van der Waals surface area contributed by atoms with Gasteiger partial charge in [-0.2, -0.15) is 0 Å². The molecule has 0 aliphatic carbocycles. The van der Waals surface area contributed by atoms with E-state index in [1.165, 1.54) is 10.9 Å². The van der Waals surface area contributed by atoms with Gasteiger partial charge in [-0.15, -0.1) is 17.0 Å². The summed E-state index contributed by atoms with van der Waals surface area (Å²) in [5, 5.41) is 4.60. The maximum absolute atomic E-state index is 4.48. The van der Waals surface area contributed by atoms with Crippen molar-refractivity contribution in [3.8, 4) is 0 Å². The maximum atomic E-state index is 4.48. The largest absolute Gasteiger partial charge is 0.352 e. The molecule has 0 radical (unpaired) electrons. The van der Waals surface area contributed by atoms with Gasteiger partial charge in [0.15, 0.2) is 5.96 Å². The highest BCUT2D eigenvalue weighted by molar-refractivity contribution is 8.93. The molecule has 0 atom stereocenters. The summed E-state index contributed by atoms with van der Waals surface area (Å²) < 4.78 is 0. The van der Waals surface area contributed by atoms with Gasteiger partial charge in [0.05, 0.1) is 12.1 Å². The van der Waals surface area contributed by atoms with Gasteiger partial charge in [0.2, 0.25) is 0 Å². The molecule has 1 aliphatic rings. The highest BCUT2D eigenvalue weighted by Gasteiger charge is 2.13. The Labute approximate surface area is 129 Å². The van der Waals surface area contributed by atoms with Gasteiger partial charge in [-0.1, -0.05) is 12.1 Å². The van der Waals surface area contributed by atoms with Gasteiger partial charge in [0.1, 0.15) is 0 Å². The number of likely N-dealkylation sites (N-methyl/N-ethyl adjacent to an activating group) is 1. The van der Waals surface area contributed by atoms with Crippen LogP contribution in [0.2, 0.25) is 0 Å². The fourth-order valence-electron chi connectivity index (χ4n) is 2.37. The normalized spacial score (nSPS) is 14.1. The number of guanidine groups is 1. The van der Waals surface area contributed by atoms with Crippen molar-refractivity contribution in [3.05, 3.63) is 42.1 Å². The first-order chi connectivity index (χ1) is 9.36. The lowest BCUT2D eigenvalue weighted by Gasteiger charge is -2.18. The molecule has 2 aromatic rings. The highest BCUT2D eigenvalue weighted by Crippen LogP contribution is 2.13. The number of fused-ring (bicyclic) bond motifs is 1. The summed E-state index contributed by atoms with van der Waals surface area (Å²) in [4.78, 5) is 11.1. The molecule has 0 unspecified atom stereocenters. The number of rotatable bonds is 3. The van der Waals surface area contributed by atoms with Crippen LogP contribution in [0.1, 0.15) is 12.5 Å². The van der Waals surface area contributed by atoms with Crippen molar-refractivity contribution in [1.29, 1.82) is 0 Å². The molecule has 3 rings (SSSR count). The molecule has 1 aromatic heterocycles. The van der Waals surface area contributed by atoms with E-state index in [1.807, 2.05) is 12.3 Å². The summed E-state index contributed by atoms with van der Waals surface area (Å²) in [6.07, 6.45) is 1.83. The lowest BCUT2D eigenvalue weighted by atomic mass is 10.1. The maximum Gasteiger partial charge on any atom is 0.194 e. The number of aromatic nitrogens is 1. The number of hydrogen-bond acceptors (Lipinski definition) is 4. The highest BCUT2D eigenvalue weighted by atomic mass is 79.9. The molecule has 5 heteroatoms. The van der Waals surface area contributed by atoms with E-state index < -0.39 is 0 Å². The van der Waals surface area contributed by atoms with Crippen molar-refractivity contribution in [3.63, 3.8) is 0 Å². The summed E-state index contributed by atoms with van der Waals surface area (Å²) in [6, 6.07) is 10.4. The molecule has 1 aliphatic heterocycles. The molecule has 2 heterocycles. The molecule has 0 saturated carbocycles. The number of aliphatic imine (C=N–C) groups is 1. The molecule has 0 spiro atoms. The standard InChI is InChI=1S/C15H18N4.BrH/c1-2-19-9-8-17-15(19)18-11-12-5-6-14-13(10-12)4-3-7-16-14;/h3-7,10H,2,8-9,11H2,1H3,(H,17,18);1H. The molecule has 106 valence electrons. The fraction of sp³-hybridized carbons (Fsp3) is 0.333. The van der Waals surface area contributed by atoms with Crippen LogP contribution in [0.25, 0.3) is 10.9 Å². The summed E-state index contributed by atoms with van der Waals surface area (Å²) in [7, 11) is 0. The minimum Gasteiger partial charge on any atom is -0.352 e. The monoisotopic (exact) mass is 334 g/mol. The molecule has 4 nitrogen and oxygen atoms in total. The molecule has 0 saturated heterocycles. The Bertz CT molecular complexity index is 612. The number of benzene rings is 1. The van der Waals surface area contributed by atoms with Crippen molar-refractivity contribution >= 4 is 33.8 Å². The summed E-state index contributed by atoms with van der Waals surface area (Å²) in [6.45, 7) is 5.90. The zero-order valence-electron chi connectivity index (χ0n) is 11.5. The van der Waals surface area contributed by atoms with Crippen LogP contribution in [-0.2, 0) is 6.54 Å². The third-order valence-electron chi connectivity index (χ3n) is 3.43. The average Bonchev–Trinajstić information content (AvgIpc) is 2.92. The Balaban J connectivity index is 0.00000147. The Hall–Kier alpha value is -1.62. The van der Waals surface area contributed by atoms with Crippen LogP contribution in [-0.4, -0.2) is 35.5 Å². The summed E-state index contributed by atoms with van der Waals surface area (Å²) >= 11 is 0. The Kier molecular flexibility index (Phi) is 4.95. The van der Waals surface area contributed by atoms with Crippen LogP contribution in [0.4, 0.5) is 0 Å². The summed E-state index contributed by atoms with van der Waals surface area (Å²) in [5.41, 5.74) is 2.30. The third-order valence-corrected chi connectivity index (χ3v) is 3.43. The first kappa shape index (κ1) is 14.8. The van der Waals surface area contributed by atoms with Crippen LogP contribution in [0.15, 0.2) is 41.5 Å². The number of nitrogens with zero attached hydrogens (tertiary/aromatic N) is 3. The second-order valence-electron chi connectivity index (χ2n) is 4.67. The van der Waals surface area contributed by atoms with Crippen molar-refractivity contribution in [2.24, 2.45) is 4.99 Å². The third kappa shape index (κ3) is 3.10. The molecule has 1 aromatic carbocycles. The Morgan fingerprint density at radius 1 is 1.30 bits per heavy atom. The predicted octanol–water partition coefficient (Wildman–Crippen LogP) is 2.59. The number of hydrogen-bond donors (Lipinski definition) is 1. The Morgan fingerprint density at radius 3 is 3.05 bits per heavy atom. The van der Waals surface area contributed by atoms with E-state index in [2.05, 4.69) is 51.4 Å². The van der Waals surface area contributed by atoms with E-state index in [9.17, 15) is 0 Å². The van der Waals surface area contributed by atoms with E-state index in [0.717, 1.165) is 37.7 Å². The van der Waals surface area contributed by atoms with E-state index in [4.69, 9.17) is 0 Å². The minimum absolute atomic E-state index is 0. The van der Waals surface area contributed by atoms with Gasteiger partial charge in [0.25, 0.3) is 0 Å². The molecule has 0 bridgehead atoms. The van der Waals surface area contributed by atoms with Gasteiger partial charge in [-0.25, -0.2) is 0 Å². The quantitative estimate of drug-likeness (QED) is 0.937. The van der Waals surface area contributed by atoms with Crippen molar-refractivity contribution < 1.29 is 0 Å². The number of nitrogens with one attached hydrogen (secondary N) is 1. The minimum atomic E-state index is 0. The second-order valence-corrected chi connectivity index (χ2v) is 4.67. The van der Waals surface area contributed by atoms with Gasteiger partial charge < -0.3 is 10.2 Å². The van der Waals surface area contributed by atoms with Gasteiger partial charge in [0, 0.05) is 31.2 Å². The average molecular weight is 335 g/mol. The van der Waals surface area contributed by atoms with E-state index in [0.29, 0.717) is 0 Å². The first-order valence-corrected chi connectivity index (χ1v) is 6.74. The molecule has 0 amide bonds. The summed E-state index contributed by atoms with van der Waals surface area (Å²) in [5.74, 6) is 1.02. The zero-order valence-corrected chi connectivity index (χ0v) is 13.3. The SMILES string of the molecule is Br.CCN1CCN=C1NCc1ccc2ncccc2c1. The first-order valence-electron chi connectivity index (χ1n) is 6.74. The molecule has 1 N–H and O–H groups in total. The number of halogens is 1. The molecular formula is C15H19BrN4. The van der Waals surface area contributed by atoms with Crippen molar-refractivity contribution in [2.45, 2.75) is 13.5 Å². The molecule has 20 heavy (non-hydrogen) atoms.